The topological polar surface area (TPSA) is 70.9 Å². The highest BCUT2D eigenvalue weighted by Crippen LogP contribution is 2.12. The lowest BCUT2D eigenvalue weighted by atomic mass is 10.1. The van der Waals surface area contributed by atoms with E-state index < -0.39 is 0 Å². The first-order valence-electron chi connectivity index (χ1n) is 5.05. The Balaban J connectivity index is 2.44. The van der Waals surface area contributed by atoms with Gasteiger partial charge in [0.1, 0.15) is 12.9 Å². The van der Waals surface area contributed by atoms with Crippen LogP contribution in [-0.2, 0) is 0 Å². The molecule has 0 aliphatic rings. The van der Waals surface area contributed by atoms with Gasteiger partial charge in [-0.15, -0.1) is 0 Å². The van der Waals surface area contributed by atoms with Crippen molar-refractivity contribution in [3.05, 3.63) is 46.1 Å². The predicted octanol–water partition coefficient (Wildman–Crippen LogP) is 0.213. The number of benzene rings is 1. The molecule has 17 heavy (non-hydrogen) atoms. The highest BCUT2D eigenvalue weighted by Gasteiger charge is 2.02. The van der Waals surface area contributed by atoms with Crippen molar-refractivity contribution in [2.75, 3.05) is 6.61 Å². The van der Waals surface area contributed by atoms with Gasteiger partial charge in [-0.25, -0.2) is 14.5 Å². The number of hydrogen-bond acceptors (Lipinski definition) is 3. The number of aliphatic hydroxyl groups excluding tert-OH is 1. The summed E-state index contributed by atoms with van der Waals surface area (Å²) in [7, 11) is 0. The van der Waals surface area contributed by atoms with Gasteiger partial charge in [0.2, 0.25) is 0 Å². The number of aromatic nitrogens is 3. The van der Waals surface area contributed by atoms with Crippen molar-refractivity contribution in [3.63, 3.8) is 0 Å². The molecule has 0 fully saturated rings. The number of aryl methyl sites for hydroxylation is 1. The second-order valence-electron chi connectivity index (χ2n) is 3.49. The van der Waals surface area contributed by atoms with Gasteiger partial charge in [0.25, 0.3) is 0 Å². The molecule has 0 atom stereocenters. The molecule has 0 radical (unpaired) electrons. The molecule has 1 aromatic carbocycles. The van der Waals surface area contributed by atoms with Gasteiger partial charge in [0, 0.05) is 5.56 Å². The average Bonchev–Trinajstić information content (AvgIpc) is 2.74. The summed E-state index contributed by atoms with van der Waals surface area (Å²) in [4.78, 5) is 11.4. The molecule has 0 spiro atoms. The van der Waals surface area contributed by atoms with Crippen molar-refractivity contribution < 1.29 is 5.11 Å². The number of H-pyrrole nitrogens is 1. The van der Waals surface area contributed by atoms with E-state index in [9.17, 15) is 4.79 Å². The number of nitrogens with one attached hydrogen (secondary N) is 1. The van der Waals surface area contributed by atoms with Crippen molar-refractivity contribution in [1.82, 2.24) is 14.8 Å². The Kier molecular flexibility index (Phi) is 3.08. The molecule has 0 saturated carbocycles. The molecule has 0 aliphatic heterocycles. The van der Waals surface area contributed by atoms with Crippen LogP contribution in [0, 0.1) is 18.8 Å². The van der Waals surface area contributed by atoms with Crippen LogP contribution < -0.4 is 5.69 Å². The van der Waals surface area contributed by atoms with E-state index in [1.807, 2.05) is 19.1 Å². The Labute approximate surface area is 97.7 Å². The summed E-state index contributed by atoms with van der Waals surface area (Å²) < 4.78 is 1.41. The first-order valence-corrected chi connectivity index (χ1v) is 5.05. The minimum atomic E-state index is -0.279. The number of aliphatic hydroxyl groups is 1. The van der Waals surface area contributed by atoms with Gasteiger partial charge in [-0.05, 0) is 30.7 Å². The predicted molar refractivity (Wildman–Crippen MR) is 62.9 cm³/mol. The number of rotatable bonds is 1. The summed E-state index contributed by atoms with van der Waals surface area (Å²) in [5, 5.41) is 14.6. The van der Waals surface area contributed by atoms with Crippen molar-refractivity contribution in [3.8, 4) is 17.5 Å². The van der Waals surface area contributed by atoms with Crippen LogP contribution in [0.1, 0.15) is 11.1 Å². The van der Waals surface area contributed by atoms with E-state index in [2.05, 4.69) is 22.0 Å². The molecule has 0 bridgehead atoms. The zero-order valence-electron chi connectivity index (χ0n) is 9.27. The largest absolute Gasteiger partial charge is 0.384 e. The van der Waals surface area contributed by atoms with Crippen molar-refractivity contribution in [1.29, 1.82) is 0 Å². The normalized spacial score (nSPS) is 9.76. The fraction of sp³-hybridized carbons (Fsp3) is 0.167. The zero-order valence-corrected chi connectivity index (χ0v) is 9.27. The van der Waals surface area contributed by atoms with Crippen LogP contribution in [0.3, 0.4) is 0 Å². The Hall–Kier alpha value is -2.32. The van der Waals surface area contributed by atoms with Crippen molar-refractivity contribution in [2.45, 2.75) is 6.92 Å². The molecule has 1 aromatic heterocycles. The summed E-state index contributed by atoms with van der Waals surface area (Å²) in [6.07, 6.45) is 1.43. The summed E-state index contributed by atoms with van der Waals surface area (Å²) in [6, 6.07) is 5.44. The molecule has 5 heteroatoms. The lowest BCUT2D eigenvalue weighted by Crippen LogP contribution is -2.14. The third kappa shape index (κ3) is 2.27. The lowest BCUT2D eigenvalue weighted by Gasteiger charge is -2.03. The van der Waals surface area contributed by atoms with Gasteiger partial charge in [-0.1, -0.05) is 11.8 Å². The molecule has 5 nitrogen and oxygen atoms in total. The molecule has 86 valence electrons. The van der Waals surface area contributed by atoms with E-state index in [0.29, 0.717) is 0 Å². The molecule has 1 heterocycles. The third-order valence-corrected chi connectivity index (χ3v) is 2.34. The summed E-state index contributed by atoms with van der Waals surface area (Å²) in [6.45, 7) is 1.73. The molecular formula is C12H11N3O2. The van der Waals surface area contributed by atoms with Crippen LogP contribution >= 0.6 is 0 Å². The number of hydrogen-bond donors (Lipinski definition) is 2. The lowest BCUT2D eigenvalue weighted by molar-refractivity contribution is 0.350. The first kappa shape index (κ1) is 11.2. The van der Waals surface area contributed by atoms with E-state index >= 15 is 0 Å². The zero-order chi connectivity index (χ0) is 12.3. The molecular weight excluding hydrogens is 218 g/mol. The monoisotopic (exact) mass is 229 g/mol. The van der Waals surface area contributed by atoms with Crippen LogP contribution in [0.25, 0.3) is 5.69 Å². The Morgan fingerprint density at radius 3 is 2.94 bits per heavy atom. The standard InChI is InChI=1S/C12H11N3O2/c1-9-7-11(15-8-13-14-12(15)17)5-4-10(9)3-2-6-16/h4-5,7-8,16H,6H2,1H3,(H,14,17). The smallest absolute Gasteiger partial charge is 0.347 e. The van der Waals surface area contributed by atoms with Gasteiger partial charge < -0.3 is 5.11 Å². The minimum absolute atomic E-state index is 0.164. The second kappa shape index (κ2) is 4.68. The first-order chi connectivity index (χ1) is 8.22. The van der Waals surface area contributed by atoms with E-state index in [-0.39, 0.29) is 12.3 Å². The van der Waals surface area contributed by atoms with Crippen LogP contribution in [0.15, 0.2) is 29.3 Å². The fourth-order valence-corrected chi connectivity index (χ4v) is 1.50. The summed E-state index contributed by atoms with van der Waals surface area (Å²) >= 11 is 0. The molecule has 2 aromatic rings. The van der Waals surface area contributed by atoms with Crippen LogP contribution in [0.2, 0.25) is 0 Å². The minimum Gasteiger partial charge on any atom is -0.384 e. The molecule has 2 rings (SSSR count). The fourth-order valence-electron chi connectivity index (χ4n) is 1.50. The highest BCUT2D eigenvalue weighted by molar-refractivity contribution is 5.47. The summed E-state index contributed by atoms with van der Waals surface area (Å²) in [5.74, 6) is 5.43. The number of aromatic amines is 1. The van der Waals surface area contributed by atoms with Gasteiger partial charge in [-0.3, -0.25) is 0 Å². The molecule has 0 unspecified atom stereocenters. The molecule has 0 amide bonds. The van der Waals surface area contributed by atoms with E-state index in [4.69, 9.17) is 5.11 Å². The number of nitrogens with zero attached hydrogens (tertiary/aromatic N) is 2. The van der Waals surface area contributed by atoms with Gasteiger partial charge in [0.05, 0.1) is 5.69 Å². The van der Waals surface area contributed by atoms with Crippen LogP contribution in [-0.4, -0.2) is 26.5 Å². The van der Waals surface area contributed by atoms with E-state index in [1.54, 1.807) is 6.07 Å². The SMILES string of the molecule is Cc1cc(-n2cn[nH]c2=O)ccc1C#CCO. The van der Waals surface area contributed by atoms with Crippen LogP contribution in [0.5, 0.6) is 0 Å². The summed E-state index contributed by atoms with van der Waals surface area (Å²) in [5.41, 5.74) is 2.23. The molecule has 0 saturated heterocycles. The maximum atomic E-state index is 11.4. The van der Waals surface area contributed by atoms with Crippen molar-refractivity contribution >= 4 is 0 Å². The molecule has 2 N–H and O–H groups in total. The van der Waals surface area contributed by atoms with Gasteiger partial charge in [-0.2, -0.15) is 5.10 Å². The Morgan fingerprint density at radius 2 is 2.35 bits per heavy atom. The second-order valence-corrected chi connectivity index (χ2v) is 3.49. The van der Waals surface area contributed by atoms with Gasteiger partial charge >= 0.3 is 5.69 Å². The quantitative estimate of drug-likeness (QED) is 0.687. The highest BCUT2D eigenvalue weighted by atomic mass is 16.2. The van der Waals surface area contributed by atoms with E-state index in [0.717, 1.165) is 16.8 Å². The maximum absolute atomic E-state index is 11.4. The molecule has 0 aliphatic carbocycles. The Morgan fingerprint density at radius 1 is 1.53 bits per heavy atom. The van der Waals surface area contributed by atoms with E-state index in [1.165, 1.54) is 10.9 Å². The maximum Gasteiger partial charge on any atom is 0.347 e. The van der Waals surface area contributed by atoms with Crippen LogP contribution in [0.4, 0.5) is 0 Å². The van der Waals surface area contributed by atoms with Gasteiger partial charge in [0.15, 0.2) is 0 Å². The average molecular weight is 229 g/mol. The Bertz CT molecular complexity index is 644. The third-order valence-electron chi connectivity index (χ3n) is 2.34. The van der Waals surface area contributed by atoms with Crippen molar-refractivity contribution in [2.24, 2.45) is 0 Å².